The van der Waals surface area contributed by atoms with E-state index in [0.29, 0.717) is 12.3 Å². The maximum absolute atomic E-state index is 11.4. The van der Waals surface area contributed by atoms with Gasteiger partial charge in [-0.1, -0.05) is 13.8 Å². The Morgan fingerprint density at radius 3 is 2.27 bits per heavy atom. The number of rotatable bonds is 5. The van der Waals surface area contributed by atoms with E-state index >= 15 is 0 Å². The fraction of sp³-hybridized carbons (Fsp3) is 0.800. The lowest BCUT2D eigenvalue weighted by Crippen LogP contribution is -2.45. The second-order valence-corrected chi connectivity index (χ2v) is 4.24. The fourth-order valence-electron chi connectivity index (χ4n) is 1.07. The monoisotopic (exact) mass is 215 g/mol. The molecule has 0 rings (SSSR count). The highest BCUT2D eigenvalue weighted by Gasteiger charge is 2.15. The second kappa shape index (κ2) is 6.40. The SMILES string of the molecule is CC(C)C[C@H](N)C(=O)NCC(=O)N(C)C. The largest absolute Gasteiger partial charge is 0.347 e. The van der Waals surface area contributed by atoms with E-state index in [0.717, 1.165) is 0 Å². The molecule has 15 heavy (non-hydrogen) atoms. The molecule has 0 aliphatic carbocycles. The molecule has 3 N–H and O–H groups in total. The molecular formula is C10H21N3O2. The summed E-state index contributed by atoms with van der Waals surface area (Å²) in [5, 5.41) is 2.51. The highest BCUT2D eigenvalue weighted by Crippen LogP contribution is 2.02. The zero-order valence-corrected chi connectivity index (χ0v) is 9.91. The molecule has 0 heterocycles. The van der Waals surface area contributed by atoms with Gasteiger partial charge < -0.3 is 16.0 Å². The van der Waals surface area contributed by atoms with Crippen molar-refractivity contribution in [2.24, 2.45) is 11.7 Å². The molecule has 5 nitrogen and oxygen atoms in total. The Kier molecular flexibility index (Phi) is 5.93. The maximum Gasteiger partial charge on any atom is 0.241 e. The summed E-state index contributed by atoms with van der Waals surface area (Å²) < 4.78 is 0. The van der Waals surface area contributed by atoms with Crippen LogP contribution in [0.4, 0.5) is 0 Å². The molecule has 0 aliphatic heterocycles. The van der Waals surface area contributed by atoms with Gasteiger partial charge in [-0.15, -0.1) is 0 Å². The zero-order valence-electron chi connectivity index (χ0n) is 9.91. The Morgan fingerprint density at radius 2 is 1.87 bits per heavy atom. The van der Waals surface area contributed by atoms with Gasteiger partial charge in [0.15, 0.2) is 0 Å². The summed E-state index contributed by atoms with van der Waals surface area (Å²) in [6, 6.07) is -0.528. The third-order valence-electron chi connectivity index (χ3n) is 1.97. The maximum atomic E-state index is 11.4. The first-order valence-corrected chi connectivity index (χ1v) is 5.08. The first kappa shape index (κ1) is 13.9. The number of carbonyl (C=O) groups is 2. The van der Waals surface area contributed by atoms with Gasteiger partial charge >= 0.3 is 0 Å². The predicted molar refractivity (Wildman–Crippen MR) is 59.1 cm³/mol. The van der Waals surface area contributed by atoms with Crippen molar-refractivity contribution in [3.63, 3.8) is 0 Å². The third kappa shape index (κ3) is 6.06. The van der Waals surface area contributed by atoms with E-state index in [9.17, 15) is 9.59 Å². The van der Waals surface area contributed by atoms with Gasteiger partial charge in [0.25, 0.3) is 0 Å². The van der Waals surface area contributed by atoms with Crippen molar-refractivity contribution >= 4 is 11.8 Å². The molecule has 0 radical (unpaired) electrons. The number of hydrogen-bond acceptors (Lipinski definition) is 3. The standard InChI is InChI=1S/C10H21N3O2/c1-7(2)5-8(11)10(15)12-6-9(14)13(3)4/h7-8H,5-6,11H2,1-4H3,(H,12,15)/t8-/m0/s1. The number of nitrogens with two attached hydrogens (primary N) is 1. The average Bonchev–Trinajstić information content (AvgIpc) is 2.12. The minimum atomic E-state index is -0.528. The van der Waals surface area contributed by atoms with Gasteiger partial charge in [0.2, 0.25) is 11.8 Å². The van der Waals surface area contributed by atoms with E-state index in [4.69, 9.17) is 5.73 Å². The number of nitrogens with zero attached hydrogens (tertiary/aromatic N) is 1. The normalized spacial score (nSPS) is 12.4. The van der Waals surface area contributed by atoms with Gasteiger partial charge in [-0.2, -0.15) is 0 Å². The van der Waals surface area contributed by atoms with Crippen molar-refractivity contribution in [1.82, 2.24) is 10.2 Å². The highest BCUT2D eigenvalue weighted by molar-refractivity contribution is 5.87. The van der Waals surface area contributed by atoms with E-state index in [1.807, 2.05) is 13.8 Å². The Labute approximate surface area is 91.0 Å². The van der Waals surface area contributed by atoms with E-state index in [-0.39, 0.29) is 18.4 Å². The molecule has 0 aromatic heterocycles. The number of amides is 2. The first-order valence-electron chi connectivity index (χ1n) is 5.08. The van der Waals surface area contributed by atoms with Crippen LogP contribution in [-0.2, 0) is 9.59 Å². The Morgan fingerprint density at radius 1 is 1.33 bits per heavy atom. The molecule has 0 aromatic rings. The minimum absolute atomic E-state index is 0.0115. The van der Waals surface area contributed by atoms with Crippen LogP contribution >= 0.6 is 0 Å². The van der Waals surface area contributed by atoms with E-state index in [1.54, 1.807) is 14.1 Å². The molecule has 0 saturated carbocycles. The van der Waals surface area contributed by atoms with Crippen LogP contribution < -0.4 is 11.1 Å². The topological polar surface area (TPSA) is 75.4 Å². The predicted octanol–water partition coefficient (Wildman–Crippen LogP) is -0.436. The Hall–Kier alpha value is -1.10. The average molecular weight is 215 g/mol. The molecule has 0 aromatic carbocycles. The minimum Gasteiger partial charge on any atom is -0.347 e. The van der Waals surface area contributed by atoms with Crippen LogP contribution in [0.2, 0.25) is 0 Å². The smallest absolute Gasteiger partial charge is 0.241 e. The third-order valence-corrected chi connectivity index (χ3v) is 1.97. The molecule has 0 fully saturated rings. The van der Waals surface area contributed by atoms with Crippen LogP contribution in [0.15, 0.2) is 0 Å². The molecule has 0 aliphatic rings. The highest BCUT2D eigenvalue weighted by atomic mass is 16.2. The Balaban J connectivity index is 3.88. The molecule has 0 unspecified atom stereocenters. The van der Waals surface area contributed by atoms with Crippen molar-refractivity contribution in [1.29, 1.82) is 0 Å². The van der Waals surface area contributed by atoms with Gasteiger partial charge in [-0.25, -0.2) is 0 Å². The van der Waals surface area contributed by atoms with Crippen molar-refractivity contribution < 1.29 is 9.59 Å². The molecule has 0 spiro atoms. The summed E-state index contributed by atoms with van der Waals surface area (Å²) in [6.45, 7) is 4.01. The van der Waals surface area contributed by atoms with E-state index in [1.165, 1.54) is 4.90 Å². The van der Waals surface area contributed by atoms with Crippen LogP contribution in [0.3, 0.4) is 0 Å². The summed E-state index contributed by atoms with van der Waals surface area (Å²) in [6.07, 6.45) is 0.627. The summed E-state index contributed by atoms with van der Waals surface area (Å²) in [7, 11) is 3.28. The molecule has 2 amide bonds. The summed E-state index contributed by atoms with van der Waals surface area (Å²) >= 11 is 0. The zero-order chi connectivity index (χ0) is 12.0. The lowest BCUT2D eigenvalue weighted by Gasteiger charge is -2.15. The van der Waals surface area contributed by atoms with Crippen LogP contribution in [0, 0.1) is 5.92 Å². The number of nitrogens with one attached hydrogen (secondary N) is 1. The van der Waals surface area contributed by atoms with Crippen LogP contribution in [-0.4, -0.2) is 43.4 Å². The van der Waals surface area contributed by atoms with Gasteiger partial charge in [-0.3, -0.25) is 9.59 Å². The molecule has 0 bridgehead atoms. The first-order chi connectivity index (χ1) is 6.84. The second-order valence-electron chi connectivity index (χ2n) is 4.24. The number of hydrogen-bond donors (Lipinski definition) is 2. The number of carbonyl (C=O) groups excluding carboxylic acids is 2. The van der Waals surface area contributed by atoms with Gasteiger partial charge in [0, 0.05) is 14.1 Å². The summed E-state index contributed by atoms with van der Waals surface area (Å²) in [4.78, 5) is 24.0. The van der Waals surface area contributed by atoms with Crippen molar-refractivity contribution in [3.05, 3.63) is 0 Å². The van der Waals surface area contributed by atoms with Crippen LogP contribution in [0.1, 0.15) is 20.3 Å². The number of likely N-dealkylation sites (N-methyl/N-ethyl adjacent to an activating group) is 1. The van der Waals surface area contributed by atoms with Crippen LogP contribution in [0.25, 0.3) is 0 Å². The summed E-state index contributed by atoms with van der Waals surface area (Å²) in [5.74, 6) is -0.0331. The van der Waals surface area contributed by atoms with Crippen LogP contribution in [0.5, 0.6) is 0 Å². The quantitative estimate of drug-likeness (QED) is 0.653. The van der Waals surface area contributed by atoms with Gasteiger partial charge in [-0.05, 0) is 12.3 Å². The van der Waals surface area contributed by atoms with Crippen molar-refractivity contribution in [2.75, 3.05) is 20.6 Å². The molecule has 88 valence electrons. The summed E-state index contributed by atoms with van der Waals surface area (Å²) in [5.41, 5.74) is 5.64. The molecule has 1 atom stereocenters. The van der Waals surface area contributed by atoms with Gasteiger partial charge in [0.05, 0.1) is 12.6 Å². The lowest BCUT2D eigenvalue weighted by molar-refractivity contribution is -0.131. The fourth-order valence-corrected chi connectivity index (χ4v) is 1.07. The molecule has 0 saturated heterocycles. The van der Waals surface area contributed by atoms with Gasteiger partial charge in [0.1, 0.15) is 0 Å². The van der Waals surface area contributed by atoms with Crippen molar-refractivity contribution in [3.8, 4) is 0 Å². The van der Waals surface area contributed by atoms with E-state index in [2.05, 4.69) is 5.32 Å². The lowest BCUT2D eigenvalue weighted by atomic mass is 10.0. The molecular weight excluding hydrogens is 194 g/mol. The molecule has 5 heteroatoms. The Bertz CT molecular complexity index is 227. The van der Waals surface area contributed by atoms with E-state index < -0.39 is 6.04 Å². The van der Waals surface area contributed by atoms with Crippen molar-refractivity contribution in [2.45, 2.75) is 26.3 Å².